The Bertz CT molecular complexity index is 990. The first-order valence-corrected chi connectivity index (χ1v) is 8.17. The minimum atomic E-state index is -2.29. The average Bonchev–Trinajstić information content (AvgIpc) is 3.11. The molecule has 2 aromatic carbocycles. The van der Waals surface area contributed by atoms with Gasteiger partial charge in [-0.2, -0.15) is 0 Å². The molecule has 0 saturated carbocycles. The fraction of sp³-hybridized carbons (Fsp3) is 0.0588. The number of aromatic nitrogens is 1. The summed E-state index contributed by atoms with van der Waals surface area (Å²) in [6, 6.07) is 5.36. The van der Waals surface area contributed by atoms with E-state index in [0.717, 1.165) is 11.3 Å². The number of halogens is 6. The van der Waals surface area contributed by atoms with Gasteiger partial charge >= 0.3 is 0 Å². The number of thiazole rings is 1. The van der Waals surface area contributed by atoms with Crippen LogP contribution < -0.4 is 5.32 Å². The minimum Gasteiger partial charge on any atom is -0.302 e. The molecule has 3 aromatic rings. The lowest BCUT2D eigenvalue weighted by Crippen LogP contribution is -2.18. The molecule has 3 nitrogen and oxygen atoms in total. The van der Waals surface area contributed by atoms with Crippen LogP contribution in [0.3, 0.4) is 0 Å². The number of hydrogen-bond acceptors (Lipinski definition) is 3. The van der Waals surface area contributed by atoms with Gasteiger partial charge in [-0.15, -0.1) is 11.3 Å². The Morgan fingerprint density at radius 3 is 2.04 bits per heavy atom. The molecule has 1 N–H and O–H groups in total. The van der Waals surface area contributed by atoms with Crippen LogP contribution in [0.5, 0.6) is 0 Å². The van der Waals surface area contributed by atoms with Crippen LogP contribution in [0.15, 0.2) is 29.6 Å². The van der Waals surface area contributed by atoms with Gasteiger partial charge in [-0.3, -0.25) is 4.79 Å². The monoisotopic (exact) mass is 402 g/mol. The third-order valence-electron chi connectivity index (χ3n) is 3.53. The molecule has 0 bridgehead atoms. The molecule has 0 fully saturated rings. The van der Waals surface area contributed by atoms with Gasteiger partial charge in [-0.05, 0) is 24.3 Å². The SMILES string of the molecule is O=C(Cc1c(F)c(F)c(F)c(F)c1F)Nc1nc(-c2ccc(F)cc2)cs1. The van der Waals surface area contributed by atoms with E-state index in [1.807, 2.05) is 0 Å². The zero-order valence-corrected chi connectivity index (χ0v) is 13.9. The first-order valence-electron chi connectivity index (χ1n) is 7.29. The second kappa shape index (κ2) is 7.39. The molecule has 0 unspecified atom stereocenters. The molecule has 1 heterocycles. The summed E-state index contributed by atoms with van der Waals surface area (Å²) in [5.41, 5.74) is -0.265. The van der Waals surface area contributed by atoms with Crippen molar-refractivity contribution in [1.82, 2.24) is 4.98 Å². The van der Waals surface area contributed by atoms with E-state index in [0.29, 0.717) is 11.3 Å². The Morgan fingerprint density at radius 1 is 0.889 bits per heavy atom. The third kappa shape index (κ3) is 3.80. The van der Waals surface area contributed by atoms with Gasteiger partial charge in [-0.1, -0.05) is 0 Å². The Labute approximate surface area is 152 Å². The largest absolute Gasteiger partial charge is 0.302 e. The van der Waals surface area contributed by atoms with Crippen LogP contribution in [0.25, 0.3) is 11.3 Å². The van der Waals surface area contributed by atoms with E-state index in [1.165, 1.54) is 24.3 Å². The number of amides is 1. The highest BCUT2D eigenvalue weighted by Crippen LogP contribution is 2.26. The quantitative estimate of drug-likeness (QED) is 0.386. The molecule has 140 valence electrons. The molecule has 3 rings (SSSR count). The number of nitrogens with one attached hydrogen (secondary N) is 1. The number of rotatable bonds is 4. The summed E-state index contributed by atoms with van der Waals surface area (Å²) in [6.07, 6.45) is -1.07. The van der Waals surface area contributed by atoms with Crippen molar-refractivity contribution in [1.29, 1.82) is 0 Å². The lowest BCUT2D eigenvalue weighted by molar-refractivity contribution is -0.115. The van der Waals surface area contributed by atoms with Crippen LogP contribution in [0, 0.1) is 34.9 Å². The van der Waals surface area contributed by atoms with Crippen LogP contribution in [-0.2, 0) is 11.2 Å². The maximum Gasteiger partial charge on any atom is 0.230 e. The predicted octanol–water partition coefficient (Wildman–Crippen LogP) is 4.83. The smallest absolute Gasteiger partial charge is 0.230 e. The topological polar surface area (TPSA) is 42.0 Å². The fourth-order valence-corrected chi connectivity index (χ4v) is 2.95. The molecule has 0 aliphatic heterocycles. The Morgan fingerprint density at radius 2 is 1.44 bits per heavy atom. The maximum atomic E-state index is 13.6. The Balaban J connectivity index is 1.77. The van der Waals surface area contributed by atoms with Gasteiger partial charge in [0.1, 0.15) is 5.82 Å². The molecule has 0 spiro atoms. The number of carbonyl (C=O) groups is 1. The van der Waals surface area contributed by atoms with E-state index in [-0.39, 0.29) is 5.13 Å². The Kier molecular flexibility index (Phi) is 5.17. The van der Waals surface area contributed by atoms with Crippen molar-refractivity contribution in [2.75, 3.05) is 5.32 Å². The zero-order valence-electron chi connectivity index (χ0n) is 13.1. The molecule has 0 atom stereocenters. The highest BCUT2D eigenvalue weighted by atomic mass is 32.1. The van der Waals surface area contributed by atoms with Gasteiger partial charge < -0.3 is 5.32 Å². The van der Waals surface area contributed by atoms with Crippen LogP contribution in [0.4, 0.5) is 31.5 Å². The van der Waals surface area contributed by atoms with Crippen LogP contribution in [-0.4, -0.2) is 10.9 Å². The van der Waals surface area contributed by atoms with Gasteiger partial charge in [0.25, 0.3) is 0 Å². The molecular weight excluding hydrogens is 394 g/mol. The zero-order chi connectivity index (χ0) is 19.7. The fourth-order valence-electron chi connectivity index (χ4n) is 2.21. The van der Waals surface area contributed by atoms with Crippen LogP contribution >= 0.6 is 11.3 Å². The normalized spacial score (nSPS) is 10.9. The summed E-state index contributed by atoms with van der Waals surface area (Å²) in [5.74, 6) is -12.1. The first kappa shape index (κ1) is 18.9. The van der Waals surface area contributed by atoms with E-state index < -0.39 is 52.8 Å². The van der Waals surface area contributed by atoms with E-state index >= 15 is 0 Å². The third-order valence-corrected chi connectivity index (χ3v) is 4.29. The van der Waals surface area contributed by atoms with Gasteiger partial charge in [0.2, 0.25) is 11.7 Å². The van der Waals surface area contributed by atoms with Crippen molar-refractivity contribution in [2.24, 2.45) is 0 Å². The number of benzene rings is 2. The number of nitrogens with zero attached hydrogens (tertiary/aromatic N) is 1. The molecule has 27 heavy (non-hydrogen) atoms. The van der Waals surface area contributed by atoms with Gasteiger partial charge in [-0.25, -0.2) is 31.3 Å². The van der Waals surface area contributed by atoms with Crippen molar-refractivity contribution in [2.45, 2.75) is 6.42 Å². The highest BCUT2D eigenvalue weighted by molar-refractivity contribution is 7.14. The van der Waals surface area contributed by atoms with Crippen molar-refractivity contribution in [3.05, 3.63) is 70.1 Å². The molecule has 0 aliphatic rings. The number of anilines is 1. The lowest BCUT2D eigenvalue weighted by Gasteiger charge is -2.07. The number of carbonyl (C=O) groups excluding carboxylic acids is 1. The molecule has 0 saturated heterocycles. The van der Waals surface area contributed by atoms with Crippen LogP contribution in [0.2, 0.25) is 0 Å². The lowest BCUT2D eigenvalue weighted by atomic mass is 10.1. The molecule has 1 amide bonds. The van der Waals surface area contributed by atoms with E-state index in [1.54, 1.807) is 5.38 Å². The van der Waals surface area contributed by atoms with E-state index in [2.05, 4.69) is 10.3 Å². The summed E-state index contributed by atoms with van der Waals surface area (Å²) in [4.78, 5) is 16.0. The van der Waals surface area contributed by atoms with Crippen molar-refractivity contribution < 1.29 is 31.1 Å². The van der Waals surface area contributed by atoms with Crippen molar-refractivity contribution >= 4 is 22.4 Å². The predicted molar refractivity (Wildman–Crippen MR) is 86.1 cm³/mol. The van der Waals surface area contributed by atoms with Gasteiger partial charge in [0, 0.05) is 16.5 Å². The standard InChI is InChI=1S/C17H8F6N2OS/c18-8-3-1-7(2-4-8)10-6-27-17(24-10)25-11(26)5-9-12(19)14(21)16(23)15(22)13(9)20/h1-4,6H,5H2,(H,24,25,26). The molecule has 0 aliphatic carbocycles. The molecular formula is C17H8F6N2OS. The summed E-state index contributed by atoms with van der Waals surface area (Å²) in [5, 5.41) is 3.81. The van der Waals surface area contributed by atoms with Gasteiger partial charge in [0.05, 0.1) is 12.1 Å². The van der Waals surface area contributed by atoms with Crippen LogP contribution in [0.1, 0.15) is 5.56 Å². The maximum absolute atomic E-state index is 13.6. The molecule has 0 radical (unpaired) electrons. The van der Waals surface area contributed by atoms with Crippen molar-refractivity contribution in [3.63, 3.8) is 0 Å². The molecule has 10 heteroatoms. The second-order valence-electron chi connectivity index (χ2n) is 5.32. The van der Waals surface area contributed by atoms with Gasteiger partial charge in [0.15, 0.2) is 28.4 Å². The highest BCUT2D eigenvalue weighted by Gasteiger charge is 2.27. The first-order chi connectivity index (χ1) is 12.8. The molecule has 1 aromatic heterocycles. The van der Waals surface area contributed by atoms with E-state index in [9.17, 15) is 31.1 Å². The summed E-state index contributed by atoms with van der Waals surface area (Å²) in [7, 11) is 0. The Hall–Kier alpha value is -2.88. The second-order valence-corrected chi connectivity index (χ2v) is 6.18. The number of hydrogen-bond donors (Lipinski definition) is 1. The minimum absolute atomic E-state index is 0.0446. The van der Waals surface area contributed by atoms with Crippen molar-refractivity contribution in [3.8, 4) is 11.3 Å². The average molecular weight is 402 g/mol. The summed E-state index contributed by atoms with van der Waals surface area (Å²) in [6.45, 7) is 0. The summed E-state index contributed by atoms with van der Waals surface area (Å²) >= 11 is 0.972. The van der Waals surface area contributed by atoms with E-state index in [4.69, 9.17) is 0 Å². The summed E-state index contributed by atoms with van der Waals surface area (Å²) < 4.78 is 79.5.